The minimum atomic E-state index is -1.33. The maximum atomic E-state index is 13.9. The third-order valence-electron chi connectivity index (χ3n) is 2.58. The van der Waals surface area contributed by atoms with Gasteiger partial charge in [-0.05, 0) is 46.8 Å². The molecule has 21 heavy (non-hydrogen) atoms. The minimum absolute atomic E-state index is 0.145. The van der Waals surface area contributed by atoms with E-state index in [-0.39, 0.29) is 10.6 Å². The lowest BCUT2D eigenvalue weighted by Crippen LogP contribution is -2.51. The van der Waals surface area contributed by atoms with Crippen LogP contribution in [0.4, 0.5) is 9.18 Å². The zero-order valence-corrected chi connectivity index (χ0v) is 13.5. The van der Waals surface area contributed by atoms with Crippen LogP contribution < -0.4 is 5.32 Å². The number of ketones is 1. The van der Waals surface area contributed by atoms with Crippen LogP contribution in [0.1, 0.15) is 45.0 Å². The fraction of sp³-hybridized carbons (Fsp3) is 0.467. The second-order valence-electron chi connectivity index (χ2n) is 6.18. The molecule has 0 saturated carbocycles. The summed E-state index contributed by atoms with van der Waals surface area (Å²) in [7, 11) is 0. The Morgan fingerprint density at radius 3 is 2.29 bits per heavy atom. The van der Waals surface area contributed by atoms with Gasteiger partial charge >= 0.3 is 6.09 Å². The molecule has 0 unspecified atom stereocenters. The van der Waals surface area contributed by atoms with Crippen molar-refractivity contribution < 1.29 is 18.7 Å². The predicted octanol–water partition coefficient (Wildman–Crippen LogP) is 3.97. The van der Waals surface area contributed by atoms with Gasteiger partial charge in [-0.2, -0.15) is 0 Å². The third-order valence-corrected chi connectivity index (χ3v) is 2.87. The summed E-state index contributed by atoms with van der Waals surface area (Å²) >= 11 is 5.66. The third kappa shape index (κ3) is 4.70. The van der Waals surface area contributed by atoms with Crippen LogP contribution in [0, 0.1) is 5.82 Å². The Labute approximate surface area is 128 Å². The zero-order chi connectivity index (χ0) is 16.4. The summed E-state index contributed by atoms with van der Waals surface area (Å²) in [6, 6.07) is 4.15. The number of rotatable bonds is 3. The number of nitrogens with one attached hydrogen (secondary N) is 1. The minimum Gasteiger partial charge on any atom is -0.444 e. The molecule has 116 valence electrons. The van der Waals surface area contributed by atoms with Gasteiger partial charge < -0.3 is 10.1 Å². The largest absolute Gasteiger partial charge is 0.444 e. The number of hydrogen-bond acceptors (Lipinski definition) is 3. The van der Waals surface area contributed by atoms with Crippen molar-refractivity contribution in [2.75, 3.05) is 0 Å². The molecular weight excluding hydrogens is 297 g/mol. The van der Waals surface area contributed by atoms with E-state index in [0.29, 0.717) is 0 Å². The van der Waals surface area contributed by atoms with Gasteiger partial charge in [0.1, 0.15) is 11.1 Å². The van der Waals surface area contributed by atoms with Crippen LogP contribution in [0.2, 0.25) is 5.02 Å². The summed E-state index contributed by atoms with van der Waals surface area (Å²) in [4.78, 5) is 24.1. The highest BCUT2D eigenvalue weighted by molar-refractivity contribution is 6.31. The number of ether oxygens (including phenoxy) is 1. The van der Waals surface area contributed by atoms with Crippen molar-refractivity contribution in [3.8, 4) is 0 Å². The van der Waals surface area contributed by atoms with Gasteiger partial charge in [0.05, 0.1) is 10.6 Å². The van der Waals surface area contributed by atoms with E-state index in [1.807, 2.05) is 0 Å². The molecule has 6 heteroatoms. The standard InChI is InChI=1S/C15H19ClFNO3/c1-14(2,3)21-13(20)18-15(4,5)12(19)9-7-6-8-10(16)11(9)17/h6-8H,1-5H3,(H,18,20). The average Bonchev–Trinajstić information content (AvgIpc) is 2.28. The monoisotopic (exact) mass is 315 g/mol. The van der Waals surface area contributed by atoms with Crippen LogP contribution >= 0.6 is 11.6 Å². The van der Waals surface area contributed by atoms with Crippen molar-refractivity contribution in [1.82, 2.24) is 5.32 Å². The lowest BCUT2D eigenvalue weighted by Gasteiger charge is -2.27. The molecule has 4 nitrogen and oxygen atoms in total. The Balaban J connectivity index is 2.94. The summed E-state index contributed by atoms with van der Waals surface area (Å²) in [5, 5.41) is 2.29. The highest BCUT2D eigenvalue weighted by Gasteiger charge is 2.34. The molecule has 0 spiro atoms. The van der Waals surface area contributed by atoms with E-state index in [1.165, 1.54) is 32.0 Å². The number of hydrogen-bond donors (Lipinski definition) is 1. The van der Waals surface area contributed by atoms with Crippen LogP contribution in [0.25, 0.3) is 0 Å². The molecule has 0 saturated heterocycles. The number of carbonyl (C=O) groups excluding carboxylic acids is 2. The van der Waals surface area contributed by atoms with E-state index in [1.54, 1.807) is 20.8 Å². The maximum absolute atomic E-state index is 13.9. The number of Topliss-reactive ketones (excluding diaryl/α,β-unsaturated/α-hetero) is 1. The van der Waals surface area contributed by atoms with Gasteiger partial charge in [0, 0.05) is 0 Å². The fourth-order valence-electron chi connectivity index (χ4n) is 1.63. The first kappa shape index (κ1) is 17.4. The quantitative estimate of drug-likeness (QED) is 0.859. The highest BCUT2D eigenvalue weighted by Crippen LogP contribution is 2.22. The second kappa shape index (κ2) is 6.02. The fourth-order valence-corrected chi connectivity index (χ4v) is 1.81. The normalized spacial score (nSPS) is 12.0. The number of carbonyl (C=O) groups is 2. The lowest BCUT2D eigenvalue weighted by atomic mass is 9.93. The molecule has 1 amide bonds. The van der Waals surface area contributed by atoms with Crippen molar-refractivity contribution in [2.45, 2.75) is 45.8 Å². The molecule has 0 bridgehead atoms. The van der Waals surface area contributed by atoms with Crippen LogP contribution in [-0.2, 0) is 4.74 Å². The first-order chi connectivity index (χ1) is 9.44. The topological polar surface area (TPSA) is 55.4 Å². The molecule has 0 fully saturated rings. The number of halogens is 2. The first-order valence-corrected chi connectivity index (χ1v) is 6.82. The van der Waals surface area contributed by atoms with Crippen molar-refractivity contribution in [3.05, 3.63) is 34.6 Å². The van der Waals surface area contributed by atoms with Gasteiger partial charge in [0.15, 0.2) is 11.6 Å². The van der Waals surface area contributed by atoms with Gasteiger partial charge in [0.25, 0.3) is 0 Å². The SMILES string of the molecule is CC(C)(C)OC(=O)NC(C)(C)C(=O)c1cccc(Cl)c1F. The summed E-state index contributed by atoms with van der Waals surface area (Å²) in [6.45, 7) is 8.06. The Bertz CT molecular complexity index is 565. The summed E-state index contributed by atoms with van der Waals surface area (Å²) < 4.78 is 19.0. The van der Waals surface area contributed by atoms with Crippen LogP contribution in [0.3, 0.4) is 0 Å². The molecule has 0 aliphatic rings. The Hall–Kier alpha value is -1.62. The molecule has 1 rings (SSSR count). The smallest absolute Gasteiger partial charge is 0.408 e. The molecule has 0 radical (unpaired) electrons. The zero-order valence-electron chi connectivity index (χ0n) is 12.7. The van der Waals surface area contributed by atoms with Crippen LogP contribution in [-0.4, -0.2) is 23.0 Å². The second-order valence-corrected chi connectivity index (χ2v) is 6.59. The van der Waals surface area contributed by atoms with E-state index in [0.717, 1.165) is 0 Å². The number of amides is 1. The molecule has 0 heterocycles. The Kier molecular flexibility index (Phi) is 4.99. The molecule has 0 atom stereocenters. The molecule has 1 N–H and O–H groups in total. The molecular formula is C15H19ClFNO3. The summed E-state index contributed by atoms with van der Waals surface area (Å²) in [6.07, 6.45) is -0.747. The highest BCUT2D eigenvalue weighted by atomic mass is 35.5. The van der Waals surface area contributed by atoms with Crippen molar-refractivity contribution in [2.24, 2.45) is 0 Å². The van der Waals surface area contributed by atoms with Crippen molar-refractivity contribution >= 4 is 23.5 Å². The van der Waals surface area contributed by atoms with E-state index in [9.17, 15) is 14.0 Å². The number of benzene rings is 1. The molecule has 0 aromatic heterocycles. The molecule has 1 aromatic rings. The van der Waals surface area contributed by atoms with Gasteiger partial charge in [-0.25, -0.2) is 9.18 Å². The summed E-state index contributed by atoms with van der Waals surface area (Å²) in [5.41, 5.74) is -2.19. The van der Waals surface area contributed by atoms with E-state index in [2.05, 4.69) is 5.32 Å². The van der Waals surface area contributed by atoms with Gasteiger partial charge in [-0.15, -0.1) is 0 Å². The van der Waals surface area contributed by atoms with Gasteiger partial charge in [-0.1, -0.05) is 17.7 Å². The average molecular weight is 316 g/mol. The van der Waals surface area contributed by atoms with Crippen molar-refractivity contribution in [1.29, 1.82) is 0 Å². The van der Waals surface area contributed by atoms with E-state index < -0.39 is 28.8 Å². The molecule has 0 aliphatic carbocycles. The lowest BCUT2D eigenvalue weighted by molar-refractivity contribution is 0.0453. The van der Waals surface area contributed by atoms with E-state index >= 15 is 0 Å². The van der Waals surface area contributed by atoms with E-state index in [4.69, 9.17) is 16.3 Å². The molecule has 1 aromatic carbocycles. The van der Waals surface area contributed by atoms with Gasteiger partial charge in [-0.3, -0.25) is 4.79 Å². The van der Waals surface area contributed by atoms with Crippen LogP contribution in [0.5, 0.6) is 0 Å². The van der Waals surface area contributed by atoms with Crippen molar-refractivity contribution in [3.63, 3.8) is 0 Å². The maximum Gasteiger partial charge on any atom is 0.408 e. The summed E-state index contributed by atoms with van der Waals surface area (Å²) in [5.74, 6) is -1.39. The predicted molar refractivity (Wildman–Crippen MR) is 79.2 cm³/mol. The first-order valence-electron chi connectivity index (χ1n) is 6.44. The number of alkyl carbamates (subject to hydrolysis) is 1. The Morgan fingerprint density at radius 1 is 1.19 bits per heavy atom. The Morgan fingerprint density at radius 2 is 1.76 bits per heavy atom. The van der Waals surface area contributed by atoms with Gasteiger partial charge in [0.2, 0.25) is 0 Å². The molecule has 0 aliphatic heterocycles. The van der Waals surface area contributed by atoms with Crippen LogP contribution in [0.15, 0.2) is 18.2 Å².